The van der Waals surface area contributed by atoms with Gasteiger partial charge in [-0.25, -0.2) is 14.6 Å². The molecule has 4 rings (SSSR count). The van der Waals surface area contributed by atoms with Gasteiger partial charge in [-0.2, -0.15) is 0 Å². The minimum atomic E-state index is -0.799. The molecule has 1 aromatic heterocycles. The Kier molecular flexibility index (Phi) is 9.80. The monoisotopic (exact) mass is 572 g/mol. The predicted molar refractivity (Wildman–Crippen MR) is 160 cm³/mol. The SMILES string of the molecule is C=C/C(=C\C=C\Cn1oc(=O)[nH]c1=O)OCc1cccc(-c2ccc(C(=O)N3CCC(N(CC)C(C)=O)C3)cc2C)c1. The summed E-state index contributed by atoms with van der Waals surface area (Å²) in [6, 6.07) is 13.8. The van der Waals surface area contributed by atoms with Crippen LogP contribution in [-0.2, 0) is 22.7 Å². The second kappa shape index (κ2) is 13.7. The molecule has 2 heterocycles. The van der Waals surface area contributed by atoms with Gasteiger partial charge < -0.3 is 19.1 Å². The van der Waals surface area contributed by atoms with Crippen molar-refractivity contribution >= 4 is 11.8 Å². The Morgan fingerprint density at radius 1 is 1.21 bits per heavy atom. The lowest BCUT2D eigenvalue weighted by Gasteiger charge is -2.26. The maximum atomic E-state index is 13.2. The number of aryl methyl sites for hydroxylation is 1. The fourth-order valence-corrected chi connectivity index (χ4v) is 5.15. The zero-order chi connectivity index (χ0) is 30.2. The fraction of sp³-hybridized carbons (Fsp3) is 0.312. The molecule has 1 fully saturated rings. The van der Waals surface area contributed by atoms with Gasteiger partial charge in [-0.3, -0.25) is 9.59 Å². The van der Waals surface area contributed by atoms with Crippen molar-refractivity contribution < 1.29 is 18.8 Å². The van der Waals surface area contributed by atoms with Gasteiger partial charge in [0.2, 0.25) is 5.91 Å². The predicted octanol–water partition coefficient (Wildman–Crippen LogP) is 4.03. The van der Waals surface area contributed by atoms with E-state index < -0.39 is 11.4 Å². The van der Waals surface area contributed by atoms with Crippen molar-refractivity contribution in [1.82, 2.24) is 19.5 Å². The highest BCUT2D eigenvalue weighted by molar-refractivity contribution is 5.95. The molecule has 1 saturated heterocycles. The van der Waals surface area contributed by atoms with E-state index in [1.807, 2.05) is 71.1 Å². The minimum absolute atomic E-state index is 0.0172. The van der Waals surface area contributed by atoms with Crippen LogP contribution in [0.25, 0.3) is 11.1 Å². The molecule has 0 spiro atoms. The van der Waals surface area contributed by atoms with Crippen LogP contribution in [0.4, 0.5) is 0 Å². The number of likely N-dealkylation sites (N-methyl/N-ethyl adjacent to an activating group) is 1. The average molecular weight is 573 g/mol. The number of hydrogen-bond acceptors (Lipinski definition) is 6. The summed E-state index contributed by atoms with van der Waals surface area (Å²) >= 11 is 0. The maximum absolute atomic E-state index is 13.2. The summed E-state index contributed by atoms with van der Waals surface area (Å²) in [5.41, 5.74) is 4.01. The second-order valence-corrected chi connectivity index (χ2v) is 10.1. The van der Waals surface area contributed by atoms with Gasteiger partial charge in [-0.1, -0.05) is 43.0 Å². The lowest BCUT2D eigenvalue weighted by molar-refractivity contribution is -0.130. The Morgan fingerprint density at radius 3 is 2.69 bits per heavy atom. The first-order chi connectivity index (χ1) is 20.2. The molecule has 220 valence electrons. The average Bonchev–Trinajstić information content (AvgIpc) is 3.58. The first-order valence-corrected chi connectivity index (χ1v) is 13.9. The molecule has 42 heavy (non-hydrogen) atoms. The molecule has 0 aliphatic carbocycles. The number of aromatic nitrogens is 2. The lowest BCUT2D eigenvalue weighted by Crippen LogP contribution is -2.41. The normalized spacial score (nSPS) is 15.3. The number of H-pyrrole nitrogens is 1. The van der Waals surface area contributed by atoms with E-state index in [0.29, 0.717) is 37.6 Å². The highest BCUT2D eigenvalue weighted by atomic mass is 16.5. The van der Waals surface area contributed by atoms with Gasteiger partial charge in [0.1, 0.15) is 12.4 Å². The number of carbonyl (C=O) groups is 2. The number of nitrogens with one attached hydrogen (secondary N) is 1. The highest BCUT2D eigenvalue weighted by Crippen LogP contribution is 2.27. The molecule has 0 saturated carbocycles. The van der Waals surface area contributed by atoms with Crippen LogP contribution in [0.5, 0.6) is 0 Å². The first kappa shape index (κ1) is 30.1. The zero-order valence-corrected chi connectivity index (χ0v) is 24.2. The summed E-state index contributed by atoms with van der Waals surface area (Å²) in [7, 11) is 0. The summed E-state index contributed by atoms with van der Waals surface area (Å²) in [5.74, 6) is -0.241. The van der Waals surface area contributed by atoms with E-state index in [1.54, 1.807) is 31.2 Å². The third-order valence-electron chi connectivity index (χ3n) is 7.25. The number of ether oxygens (including phenoxy) is 1. The van der Waals surface area contributed by atoms with Crippen LogP contribution in [0, 0.1) is 6.92 Å². The molecule has 1 N–H and O–H groups in total. The number of rotatable bonds is 11. The second-order valence-electron chi connectivity index (χ2n) is 10.1. The first-order valence-electron chi connectivity index (χ1n) is 13.9. The molecule has 1 atom stereocenters. The van der Waals surface area contributed by atoms with E-state index in [-0.39, 0.29) is 24.4 Å². The molecule has 10 nitrogen and oxygen atoms in total. The van der Waals surface area contributed by atoms with Crippen LogP contribution in [0.3, 0.4) is 0 Å². The molecule has 0 radical (unpaired) electrons. The molecular weight excluding hydrogens is 536 g/mol. The molecule has 2 aromatic carbocycles. The Bertz CT molecular complexity index is 1630. The van der Waals surface area contributed by atoms with Crippen LogP contribution < -0.4 is 11.4 Å². The molecule has 1 aliphatic heterocycles. The van der Waals surface area contributed by atoms with Crippen molar-refractivity contribution in [1.29, 1.82) is 0 Å². The van der Waals surface area contributed by atoms with Crippen molar-refractivity contribution in [3.8, 4) is 11.1 Å². The fourth-order valence-electron chi connectivity index (χ4n) is 5.15. The van der Waals surface area contributed by atoms with Crippen LogP contribution in [0.2, 0.25) is 0 Å². The number of amides is 2. The molecular formula is C32H36N4O6. The van der Waals surface area contributed by atoms with E-state index in [2.05, 4.69) is 6.58 Å². The van der Waals surface area contributed by atoms with E-state index in [4.69, 9.17) is 9.26 Å². The summed E-state index contributed by atoms with van der Waals surface area (Å²) in [6.45, 7) is 11.6. The van der Waals surface area contributed by atoms with Crippen LogP contribution >= 0.6 is 0 Å². The Hall–Kier alpha value is -4.86. The van der Waals surface area contributed by atoms with Crippen molar-refractivity contribution in [3.63, 3.8) is 0 Å². The van der Waals surface area contributed by atoms with E-state index in [1.165, 1.54) is 0 Å². The molecule has 2 amide bonds. The molecule has 10 heteroatoms. The molecule has 0 bridgehead atoms. The number of hydrogen-bond donors (Lipinski definition) is 1. The summed E-state index contributed by atoms with van der Waals surface area (Å²) in [4.78, 5) is 53.4. The number of carbonyl (C=O) groups excluding carboxylic acids is 2. The Labute approximate surface area is 244 Å². The Morgan fingerprint density at radius 2 is 2.02 bits per heavy atom. The van der Waals surface area contributed by atoms with E-state index in [9.17, 15) is 19.2 Å². The third kappa shape index (κ3) is 7.25. The maximum Gasteiger partial charge on any atom is 0.440 e. The van der Waals surface area contributed by atoms with Crippen molar-refractivity contribution in [3.05, 3.63) is 117 Å². The zero-order valence-electron chi connectivity index (χ0n) is 24.2. The van der Waals surface area contributed by atoms with Gasteiger partial charge in [-0.05, 0) is 72.9 Å². The van der Waals surface area contributed by atoms with Gasteiger partial charge >= 0.3 is 11.4 Å². The third-order valence-corrected chi connectivity index (χ3v) is 7.25. The smallest absolute Gasteiger partial charge is 0.440 e. The summed E-state index contributed by atoms with van der Waals surface area (Å²) in [6.07, 6.45) is 7.41. The van der Waals surface area contributed by atoms with Gasteiger partial charge in [0.05, 0.1) is 12.6 Å². The lowest BCUT2D eigenvalue weighted by atomic mass is 9.97. The topological polar surface area (TPSA) is 118 Å². The number of likely N-dealkylation sites (tertiary alicyclic amines) is 1. The van der Waals surface area contributed by atoms with Crippen molar-refractivity contribution in [2.24, 2.45) is 0 Å². The van der Waals surface area contributed by atoms with E-state index >= 15 is 0 Å². The number of benzene rings is 2. The van der Waals surface area contributed by atoms with Crippen LogP contribution in [0.1, 0.15) is 41.8 Å². The van der Waals surface area contributed by atoms with E-state index in [0.717, 1.165) is 33.4 Å². The van der Waals surface area contributed by atoms with Gasteiger partial charge in [0, 0.05) is 32.1 Å². The molecule has 1 unspecified atom stereocenters. The van der Waals surface area contributed by atoms with Gasteiger partial charge in [-0.15, -0.1) is 4.74 Å². The standard InChI is InChI=1S/C32H36N4O6/c1-5-28(12-7-8-16-36-31(39)33-32(40)42-36)41-21-24-10-9-11-25(19-24)29-14-13-26(18-22(29)3)30(38)34-17-15-27(20-34)35(6-2)23(4)37/h5,7-14,18-19,27H,1,6,15-17,20-21H2,2-4H3,(H,33,39,40)/b8-7+,28-12+. The molecule has 3 aromatic rings. The molecule has 1 aliphatic rings. The number of nitrogens with zero attached hydrogens (tertiary/aromatic N) is 3. The number of aromatic amines is 1. The highest BCUT2D eigenvalue weighted by Gasteiger charge is 2.31. The Balaban J connectivity index is 1.38. The summed E-state index contributed by atoms with van der Waals surface area (Å²) in [5, 5.41) is 0. The summed E-state index contributed by atoms with van der Waals surface area (Å²) < 4.78 is 11.5. The van der Waals surface area contributed by atoms with Crippen molar-refractivity contribution in [2.45, 2.75) is 46.4 Å². The quantitative estimate of drug-likeness (QED) is 0.274. The van der Waals surface area contributed by atoms with Gasteiger partial charge in [0.15, 0.2) is 0 Å². The largest absolute Gasteiger partial charge is 0.489 e. The van der Waals surface area contributed by atoms with Crippen LogP contribution in [0.15, 0.2) is 93.2 Å². The number of allylic oxidation sites excluding steroid dienone is 4. The van der Waals surface area contributed by atoms with Crippen molar-refractivity contribution in [2.75, 3.05) is 19.6 Å². The minimum Gasteiger partial charge on any atom is -0.489 e. The van der Waals surface area contributed by atoms with Crippen LogP contribution in [-0.4, -0.2) is 57.0 Å². The van der Waals surface area contributed by atoms with Gasteiger partial charge in [0.25, 0.3) is 5.91 Å².